The summed E-state index contributed by atoms with van der Waals surface area (Å²) in [5, 5.41) is 0. The molecule has 1 aromatic carbocycles. The highest BCUT2D eigenvalue weighted by molar-refractivity contribution is 9.10. The van der Waals surface area contributed by atoms with Crippen LogP contribution in [0.1, 0.15) is 18.5 Å². The minimum absolute atomic E-state index is 0. The Kier molecular flexibility index (Phi) is 4.81. The van der Waals surface area contributed by atoms with E-state index in [-0.39, 0.29) is 18.0 Å². The van der Waals surface area contributed by atoms with Crippen LogP contribution in [0.4, 0.5) is 8.78 Å². The zero-order chi connectivity index (χ0) is 9.30. The molecule has 2 N–H and O–H groups in total. The molecule has 0 radical (unpaired) electrons. The molecule has 0 unspecified atom stereocenters. The normalized spacial score (nSPS) is 12.1. The van der Waals surface area contributed by atoms with Crippen LogP contribution in [0.2, 0.25) is 0 Å². The second-order valence-electron chi connectivity index (χ2n) is 2.57. The summed E-state index contributed by atoms with van der Waals surface area (Å²) in [6, 6.07) is 1.77. The highest BCUT2D eigenvalue weighted by Crippen LogP contribution is 2.23. The zero-order valence-corrected chi connectivity index (χ0v) is 9.25. The molecule has 0 bridgehead atoms. The lowest BCUT2D eigenvalue weighted by atomic mass is 10.1. The highest BCUT2D eigenvalue weighted by Gasteiger charge is 2.13. The average Bonchev–Trinajstić information content (AvgIpc) is 1.82. The summed E-state index contributed by atoms with van der Waals surface area (Å²) in [5.74, 6) is -1.23. The van der Waals surface area contributed by atoms with Crippen molar-refractivity contribution in [3.05, 3.63) is 33.8 Å². The van der Waals surface area contributed by atoms with Crippen molar-refractivity contribution in [2.75, 3.05) is 0 Å². The SMILES string of the molecule is C[C@H](N)c1c(F)cc(Br)cc1F.Cl. The van der Waals surface area contributed by atoms with E-state index in [1.165, 1.54) is 19.1 Å². The standard InChI is InChI=1S/C8H8BrF2N.ClH/c1-4(12)8-6(10)2-5(9)3-7(8)11;/h2-4H,12H2,1H3;1H/t4-;/m0./s1. The fourth-order valence-electron chi connectivity index (χ4n) is 0.988. The van der Waals surface area contributed by atoms with Crippen LogP contribution in [0, 0.1) is 11.6 Å². The van der Waals surface area contributed by atoms with Crippen LogP contribution >= 0.6 is 28.3 Å². The number of hydrogen-bond donors (Lipinski definition) is 1. The molecule has 0 saturated carbocycles. The minimum atomic E-state index is -0.627. The van der Waals surface area contributed by atoms with Gasteiger partial charge >= 0.3 is 0 Å². The summed E-state index contributed by atoms with van der Waals surface area (Å²) >= 11 is 2.98. The molecule has 0 fully saturated rings. The van der Waals surface area contributed by atoms with Gasteiger partial charge in [0.25, 0.3) is 0 Å². The largest absolute Gasteiger partial charge is 0.324 e. The average molecular weight is 273 g/mol. The van der Waals surface area contributed by atoms with Gasteiger partial charge in [-0.25, -0.2) is 8.78 Å². The lowest BCUT2D eigenvalue weighted by molar-refractivity contribution is 0.535. The van der Waals surface area contributed by atoms with Crippen molar-refractivity contribution in [1.82, 2.24) is 0 Å². The van der Waals surface area contributed by atoms with Gasteiger partial charge < -0.3 is 5.73 Å². The van der Waals surface area contributed by atoms with Gasteiger partial charge in [0.05, 0.1) is 0 Å². The first-order valence-corrected chi connectivity index (χ1v) is 4.21. The van der Waals surface area contributed by atoms with Crippen LogP contribution in [-0.4, -0.2) is 0 Å². The summed E-state index contributed by atoms with van der Waals surface area (Å²) in [6.07, 6.45) is 0. The third-order valence-electron chi connectivity index (χ3n) is 1.50. The first kappa shape index (κ1) is 12.8. The summed E-state index contributed by atoms with van der Waals surface area (Å²) in [4.78, 5) is 0. The van der Waals surface area contributed by atoms with Gasteiger partial charge in [-0.15, -0.1) is 12.4 Å². The van der Waals surface area contributed by atoms with E-state index in [9.17, 15) is 8.78 Å². The van der Waals surface area contributed by atoms with E-state index in [2.05, 4.69) is 15.9 Å². The first-order valence-electron chi connectivity index (χ1n) is 3.42. The Morgan fingerprint density at radius 3 is 2.00 bits per heavy atom. The van der Waals surface area contributed by atoms with Crippen molar-refractivity contribution in [3.8, 4) is 0 Å². The number of hydrogen-bond acceptors (Lipinski definition) is 1. The molecule has 5 heteroatoms. The number of rotatable bonds is 1. The van der Waals surface area contributed by atoms with E-state index < -0.39 is 17.7 Å². The lowest BCUT2D eigenvalue weighted by Gasteiger charge is -2.08. The van der Waals surface area contributed by atoms with E-state index in [0.29, 0.717) is 4.47 Å². The Balaban J connectivity index is 0.00000144. The fourth-order valence-corrected chi connectivity index (χ4v) is 1.39. The maximum atomic E-state index is 13.0. The van der Waals surface area contributed by atoms with Crippen molar-refractivity contribution in [2.45, 2.75) is 13.0 Å². The molecule has 0 aromatic heterocycles. The van der Waals surface area contributed by atoms with E-state index in [1.807, 2.05) is 0 Å². The Morgan fingerprint density at radius 2 is 1.69 bits per heavy atom. The quantitative estimate of drug-likeness (QED) is 0.835. The van der Waals surface area contributed by atoms with Gasteiger partial charge in [-0.3, -0.25) is 0 Å². The molecular formula is C8H9BrClF2N. The maximum Gasteiger partial charge on any atom is 0.132 e. The highest BCUT2D eigenvalue weighted by atomic mass is 79.9. The van der Waals surface area contributed by atoms with Gasteiger partial charge in [-0.1, -0.05) is 15.9 Å². The summed E-state index contributed by atoms with van der Waals surface area (Å²) in [5.41, 5.74) is 5.30. The summed E-state index contributed by atoms with van der Waals surface area (Å²) < 4.78 is 26.4. The van der Waals surface area contributed by atoms with Gasteiger partial charge in [-0.05, 0) is 19.1 Å². The van der Waals surface area contributed by atoms with Crippen LogP contribution in [0.15, 0.2) is 16.6 Å². The Morgan fingerprint density at radius 1 is 1.31 bits per heavy atom. The van der Waals surface area contributed by atoms with E-state index in [1.54, 1.807) is 0 Å². The molecule has 0 saturated heterocycles. The van der Waals surface area contributed by atoms with Crippen molar-refractivity contribution in [2.24, 2.45) is 5.73 Å². The predicted octanol–water partition coefficient (Wildman–Crippen LogP) is 3.17. The zero-order valence-electron chi connectivity index (χ0n) is 6.85. The van der Waals surface area contributed by atoms with E-state index in [0.717, 1.165) is 0 Å². The monoisotopic (exact) mass is 271 g/mol. The van der Waals surface area contributed by atoms with Gasteiger partial charge in [0, 0.05) is 16.1 Å². The molecular weight excluding hydrogens is 263 g/mol. The minimum Gasteiger partial charge on any atom is -0.324 e. The molecule has 0 spiro atoms. The van der Waals surface area contributed by atoms with Gasteiger partial charge in [0.15, 0.2) is 0 Å². The van der Waals surface area contributed by atoms with Crippen molar-refractivity contribution < 1.29 is 8.78 Å². The maximum absolute atomic E-state index is 13.0. The van der Waals surface area contributed by atoms with Crippen LogP contribution in [-0.2, 0) is 0 Å². The van der Waals surface area contributed by atoms with Crippen molar-refractivity contribution >= 4 is 28.3 Å². The predicted molar refractivity (Wildman–Crippen MR) is 53.9 cm³/mol. The van der Waals surface area contributed by atoms with E-state index >= 15 is 0 Å². The Hall–Kier alpha value is -0.190. The van der Waals surface area contributed by atoms with Crippen LogP contribution in [0.3, 0.4) is 0 Å². The Bertz CT molecular complexity index is 281. The van der Waals surface area contributed by atoms with Gasteiger partial charge in [0.1, 0.15) is 11.6 Å². The summed E-state index contributed by atoms with van der Waals surface area (Å²) in [7, 11) is 0. The molecule has 0 aliphatic rings. The van der Waals surface area contributed by atoms with Gasteiger partial charge in [-0.2, -0.15) is 0 Å². The topological polar surface area (TPSA) is 26.0 Å². The van der Waals surface area contributed by atoms with Crippen molar-refractivity contribution in [1.29, 1.82) is 0 Å². The molecule has 1 aromatic rings. The first-order chi connectivity index (χ1) is 5.52. The number of benzene rings is 1. The molecule has 0 aliphatic heterocycles. The third kappa shape index (κ3) is 2.90. The molecule has 0 amide bonds. The fraction of sp³-hybridized carbons (Fsp3) is 0.250. The Labute approximate surface area is 89.9 Å². The molecule has 13 heavy (non-hydrogen) atoms. The lowest BCUT2D eigenvalue weighted by Crippen LogP contribution is -2.10. The smallest absolute Gasteiger partial charge is 0.132 e. The van der Waals surface area contributed by atoms with Crippen molar-refractivity contribution in [3.63, 3.8) is 0 Å². The second kappa shape index (κ2) is 4.88. The number of halogens is 4. The van der Waals surface area contributed by atoms with Crippen LogP contribution in [0.25, 0.3) is 0 Å². The summed E-state index contributed by atoms with van der Waals surface area (Å²) in [6.45, 7) is 1.54. The van der Waals surface area contributed by atoms with Crippen LogP contribution in [0.5, 0.6) is 0 Å². The molecule has 1 nitrogen and oxygen atoms in total. The van der Waals surface area contributed by atoms with E-state index in [4.69, 9.17) is 5.73 Å². The second-order valence-corrected chi connectivity index (χ2v) is 3.49. The molecule has 1 atom stereocenters. The third-order valence-corrected chi connectivity index (χ3v) is 1.96. The molecule has 74 valence electrons. The van der Waals surface area contributed by atoms with Crippen LogP contribution < -0.4 is 5.73 Å². The molecule has 1 rings (SSSR count). The molecule has 0 heterocycles. The molecule has 0 aliphatic carbocycles. The number of nitrogens with two attached hydrogens (primary N) is 1. The van der Waals surface area contributed by atoms with Gasteiger partial charge in [0.2, 0.25) is 0 Å².